The molecule has 1 saturated heterocycles. The van der Waals surface area contributed by atoms with Crippen molar-refractivity contribution in [2.45, 2.75) is 45.4 Å². The summed E-state index contributed by atoms with van der Waals surface area (Å²) >= 11 is 0. The first-order chi connectivity index (χ1) is 10.3. The Balaban J connectivity index is 1.81. The number of hydrogen-bond acceptors (Lipinski definition) is 3. The van der Waals surface area contributed by atoms with Crippen LogP contribution in [-0.2, 0) is 17.9 Å². The van der Waals surface area contributed by atoms with Crippen molar-refractivity contribution >= 4 is 11.0 Å². The molecule has 0 bridgehead atoms. The first-order valence-electron chi connectivity index (χ1n) is 7.75. The number of benzene rings is 1. The van der Waals surface area contributed by atoms with Gasteiger partial charge in [-0.1, -0.05) is 6.92 Å². The molecule has 2 heterocycles. The second kappa shape index (κ2) is 6.54. The summed E-state index contributed by atoms with van der Waals surface area (Å²) in [5, 5.41) is 3.33. The van der Waals surface area contributed by atoms with Gasteiger partial charge in [0.05, 0.1) is 17.1 Å². The molecule has 1 aromatic carbocycles. The number of imidazole rings is 1. The second-order valence-corrected chi connectivity index (χ2v) is 5.57. The Labute approximate surface area is 124 Å². The molecule has 0 unspecified atom stereocenters. The van der Waals surface area contributed by atoms with Gasteiger partial charge in [0, 0.05) is 6.54 Å². The maximum atomic E-state index is 13.5. The third-order valence-electron chi connectivity index (χ3n) is 3.97. The van der Waals surface area contributed by atoms with E-state index in [1.165, 1.54) is 6.07 Å². The molecule has 21 heavy (non-hydrogen) atoms. The zero-order valence-corrected chi connectivity index (χ0v) is 12.4. The average molecular weight is 291 g/mol. The molecule has 0 saturated carbocycles. The van der Waals surface area contributed by atoms with Crippen molar-refractivity contribution < 1.29 is 9.13 Å². The monoisotopic (exact) mass is 291 g/mol. The highest BCUT2D eigenvalue weighted by molar-refractivity contribution is 5.76. The molecule has 1 N–H and O–H groups in total. The highest BCUT2D eigenvalue weighted by Crippen LogP contribution is 2.20. The Morgan fingerprint density at radius 1 is 1.38 bits per heavy atom. The largest absolute Gasteiger partial charge is 0.370 e. The molecule has 0 amide bonds. The summed E-state index contributed by atoms with van der Waals surface area (Å²) in [4.78, 5) is 4.61. The zero-order valence-electron chi connectivity index (χ0n) is 12.4. The van der Waals surface area contributed by atoms with Gasteiger partial charge >= 0.3 is 0 Å². The number of nitrogens with zero attached hydrogens (tertiary/aromatic N) is 2. The highest BCUT2D eigenvalue weighted by atomic mass is 19.1. The molecule has 114 valence electrons. The van der Waals surface area contributed by atoms with Crippen LogP contribution >= 0.6 is 0 Å². The normalized spacial score (nSPS) is 16.7. The van der Waals surface area contributed by atoms with E-state index in [0.717, 1.165) is 55.8 Å². The van der Waals surface area contributed by atoms with Gasteiger partial charge in [0.25, 0.3) is 0 Å². The Morgan fingerprint density at radius 2 is 2.19 bits per heavy atom. The molecule has 2 aromatic rings. The van der Waals surface area contributed by atoms with Gasteiger partial charge in [-0.15, -0.1) is 0 Å². The molecular formula is C16H22FN3O. The lowest BCUT2D eigenvalue weighted by atomic mass is 10.1. The maximum absolute atomic E-state index is 13.5. The third kappa shape index (κ3) is 3.24. The summed E-state index contributed by atoms with van der Waals surface area (Å²) in [6.07, 6.45) is 3.38. The average Bonchev–Trinajstić information content (AvgIpc) is 2.84. The van der Waals surface area contributed by atoms with E-state index in [2.05, 4.69) is 21.8 Å². The van der Waals surface area contributed by atoms with Crippen LogP contribution in [0.1, 0.15) is 32.0 Å². The molecule has 1 aliphatic heterocycles. The number of nitrogens with one attached hydrogen (secondary N) is 1. The van der Waals surface area contributed by atoms with E-state index in [4.69, 9.17) is 4.74 Å². The Hall–Kier alpha value is -1.46. The van der Waals surface area contributed by atoms with Crippen molar-refractivity contribution in [3.8, 4) is 0 Å². The number of halogens is 1. The quantitative estimate of drug-likeness (QED) is 0.920. The van der Waals surface area contributed by atoms with Crippen LogP contribution in [0.2, 0.25) is 0 Å². The maximum Gasteiger partial charge on any atom is 0.136 e. The van der Waals surface area contributed by atoms with Crippen molar-refractivity contribution in [1.29, 1.82) is 0 Å². The standard InChI is InChI=1S/C16H22FN3O/c1-2-9-20-15-10-12(17)3-4-14(15)19-16(20)11-21-13-5-7-18-8-6-13/h3-4,10,13,18H,2,5-9,11H2,1H3. The Bertz CT molecular complexity index is 605. The van der Waals surface area contributed by atoms with E-state index >= 15 is 0 Å². The van der Waals surface area contributed by atoms with Crippen molar-refractivity contribution in [3.05, 3.63) is 29.8 Å². The van der Waals surface area contributed by atoms with Gasteiger partial charge in [-0.25, -0.2) is 9.37 Å². The van der Waals surface area contributed by atoms with Crippen molar-refractivity contribution in [1.82, 2.24) is 14.9 Å². The smallest absolute Gasteiger partial charge is 0.136 e. The van der Waals surface area contributed by atoms with Gasteiger partial charge in [0.1, 0.15) is 18.2 Å². The van der Waals surface area contributed by atoms with Crippen LogP contribution in [0.15, 0.2) is 18.2 Å². The third-order valence-corrected chi connectivity index (χ3v) is 3.97. The lowest BCUT2D eigenvalue weighted by Gasteiger charge is -2.22. The SMILES string of the molecule is CCCn1c(COC2CCNCC2)nc2ccc(F)cc21. The minimum absolute atomic E-state index is 0.217. The van der Waals surface area contributed by atoms with Gasteiger partial charge in [-0.3, -0.25) is 0 Å². The predicted molar refractivity (Wildman–Crippen MR) is 80.7 cm³/mol. The fourth-order valence-corrected chi connectivity index (χ4v) is 2.88. The van der Waals surface area contributed by atoms with E-state index < -0.39 is 0 Å². The summed E-state index contributed by atoms with van der Waals surface area (Å²) in [5.41, 5.74) is 1.70. The lowest BCUT2D eigenvalue weighted by Crippen LogP contribution is -2.32. The van der Waals surface area contributed by atoms with Crippen LogP contribution in [0.25, 0.3) is 11.0 Å². The number of aryl methyl sites for hydroxylation is 1. The fourth-order valence-electron chi connectivity index (χ4n) is 2.88. The Kier molecular flexibility index (Phi) is 4.51. The summed E-state index contributed by atoms with van der Waals surface area (Å²) < 4.78 is 21.5. The van der Waals surface area contributed by atoms with E-state index in [-0.39, 0.29) is 5.82 Å². The van der Waals surface area contributed by atoms with Gasteiger partial charge < -0.3 is 14.6 Å². The molecule has 4 nitrogen and oxygen atoms in total. The number of fused-ring (bicyclic) bond motifs is 1. The molecule has 1 aromatic heterocycles. The van der Waals surface area contributed by atoms with Crippen molar-refractivity contribution in [2.24, 2.45) is 0 Å². The molecule has 3 rings (SSSR count). The lowest BCUT2D eigenvalue weighted by molar-refractivity contribution is 0.0166. The molecule has 0 radical (unpaired) electrons. The fraction of sp³-hybridized carbons (Fsp3) is 0.562. The molecule has 0 atom stereocenters. The molecule has 0 aliphatic carbocycles. The first-order valence-corrected chi connectivity index (χ1v) is 7.75. The summed E-state index contributed by atoms with van der Waals surface area (Å²) in [6, 6.07) is 4.76. The van der Waals surface area contributed by atoms with Crippen molar-refractivity contribution in [3.63, 3.8) is 0 Å². The van der Waals surface area contributed by atoms with Crippen LogP contribution in [0.3, 0.4) is 0 Å². The van der Waals surface area contributed by atoms with Gasteiger partial charge in [-0.05, 0) is 50.6 Å². The van der Waals surface area contributed by atoms with Crippen LogP contribution in [0.4, 0.5) is 4.39 Å². The zero-order chi connectivity index (χ0) is 14.7. The Morgan fingerprint density at radius 3 is 2.95 bits per heavy atom. The van der Waals surface area contributed by atoms with E-state index in [0.29, 0.717) is 12.7 Å². The van der Waals surface area contributed by atoms with Crippen molar-refractivity contribution in [2.75, 3.05) is 13.1 Å². The number of piperidine rings is 1. The molecular weight excluding hydrogens is 269 g/mol. The highest BCUT2D eigenvalue weighted by Gasteiger charge is 2.16. The number of hydrogen-bond donors (Lipinski definition) is 1. The number of ether oxygens (including phenoxy) is 1. The molecule has 1 aliphatic rings. The minimum Gasteiger partial charge on any atom is -0.370 e. The van der Waals surface area contributed by atoms with Gasteiger partial charge in [0.15, 0.2) is 0 Å². The number of aromatic nitrogens is 2. The molecule has 5 heteroatoms. The summed E-state index contributed by atoms with van der Waals surface area (Å²) in [6.45, 7) is 5.48. The van der Waals surface area contributed by atoms with E-state index in [1.807, 2.05) is 0 Å². The minimum atomic E-state index is -0.217. The van der Waals surface area contributed by atoms with E-state index in [9.17, 15) is 4.39 Å². The second-order valence-electron chi connectivity index (χ2n) is 5.57. The predicted octanol–water partition coefficient (Wildman–Crippen LogP) is 2.85. The van der Waals surface area contributed by atoms with Crippen LogP contribution in [0, 0.1) is 5.82 Å². The summed E-state index contributed by atoms with van der Waals surface area (Å²) in [7, 11) is 0. The summed E-state index contributed by atoms with van der Waals surface area (Å²) in [5.74, 6) is 0.682. The van der Waals surface area contributed by atoms with Crippen LogP contribution in [0.5, 0.6) is 0 Å². The molecule has 1 fully saturated rings. The van der Waals surface area contributed by atoms with Crippen LogP contribution < -0.4 is 5.32 Å². The van der Waals surface area contributed by atoms with Gasteiger partial charge in [0.2, 0.25) is 0 Å². The van der Waals surface area contributed by atoms with Crippen LogP contribution in [-0.4, -0.2) is 28.7 Å². The van der Waals surface area contributed by atoms with Gasteiger partial charge in [-0.2, -0.15) is 0 Å². The van der Waals surface area contributed by atoms with E-state index in [1.54, 1.807) is 12.1 Å². The first kappa shape index (κ1) is 14.5. The number of rotatable bonds is 5. The molecule has 0 spiro atoms. The topological polar surface area (TPSA) is 39.1 Å².